The van der Waals surface area contributed by atoms with E-state index in [1.165, 1.54) is 11.6 Å². The highest BCUT2D eigenvalue weighted by Crippen LogP contribution is 2.23. The van der Waals surface area contributed by atoms with Crippen LogP contribution < -0.4 is 10.1 Å². The van der Waals surface area contributed by atoms with E-state index in [0.29, 0.717) is 0 Å². The summed E-state index contributed by atoms with van der Waals surface area (Å²) in [7, 11) is 0. The fourth-order valence-electron chi connectivity index (χ4n) is 2.45. The number of rotatable bonds is 5. The van der Waals surface area contributed by atoms with Crippen LogP contribution in [0.5, 0.6) is 11.5 Å². The number of benzene rings is 3. The van der Waals surface area contributed by atoms with Crippen molar-refractivity contribution in [3.05, 3.63) is 95.6 Å². The van der Waals surface area contributed by atoms with E-state index in [4.69, 9.17) is 4.74 Å². The summed E-state index contributed by atoms with van der Waals surface area (Å²) < 4.78 is 5.81. The standard InChI is InChI=1S/C23H21NO2/c1-17-6-8-19(9-7-17)10-15-23(25)24-20-11-13-21(14-12-20)26-22-5-3-4-18(2)16-22/h3-16H,1-2H3,(H,24,25)/b15-10+. The van der Waals surface area contributed by atoms with Gasteiger partial charge in [-0.1, -0.05) is 42.0 Å². The average Bonchev–Trinajstić information content (AvgIpc) is 2.63. The number of aryl methyl sites for hydroxylation is 2. The molecular formula is C23H21NO2. The molecule has 1 amide bonds. The van der Waals surface area contributed by atoms with Crippen molar-refractivity contribution in [3.8, 4) is 11.5 Å². The van der Waals surface area contributed by atoms with E-state index in [-0.39, 0.29) is 5.91 Å². The summed E-state index contributed by atoms with van der Waals surface area (Å²) in [5.41, 5.74) is 4.05. The predicted octanol–water partition coefficient (Wildman–Crippen LogP) is 5.75. The minimum atomic E-state index is -0.169. The van der Waals surface area contributed by atoms with Gasteiger partial charge < -0.3 is 10.1 Å². The zero-order chi connectivity index (χ0) is 18.4. The first kappa shape index (κ1) is 17.5. The number of carbonyl (C=O) groups excluding carboxylic acids is 1. The monoisotopic (exact) mass is 343 g/mol. The van der Waals surface area contributed by atoms with Gasteiger partial charge in [-0.05, 0) is 67.4 Å². The first-order chi connectivity index (χ1) is 12.6. The Morgan fingerprint density at radius 3 is 2.27 bits per heavy atom. The molecule has 0 atom stereocenters. The number of anilines is 1. The Hall–Kier alpha value is -3.33. The maximum absolute atomic E-state index is 12.0. The maximum atomic E-state index is 12.0. The molecule has 3 rings (SSSR count). The highest BCUT2D eigenvalue weighted by molar-refractivity contribution is 6.01. The van der Waals surface area contributed by atoms with E-state index >= 15 is 0 Å². The van der Waals surface area contributed by atoms with Crippen LogP contribution in [-0.2, 0) is 4.79 Å². The van der Waals surface area contributed by atoms with Crippen molar-refractivity contribution in [2.45, 2.75) is 13.8 Å². The molecule has 0 fully saturated rings. The van der Waals surface area contributed by atoms with E-state index in [1.54, 1.807) is 6.08 Å². The quantitative estimate of drug-likeness (QED) is 0.599. The lowest BCUT2D eigenvalue weighted by molar-refractivity contribution is -0.111. The number of ether oxygens (including phenoxy) is 1. The molecule has 3 heteroatoms. The molecule has 26 heavy (non-hydrogen) atoms. The van der Waals surface area contributed by atoms with Crippen molar-refractivity contribution in [2.75, 3.05) is 5.32 Å². The van der Waals surface area contributed by atoms with E-state index in [9.17, 15) is 4.79 Å². The molecule has 0 heterocycles. The first-order valence-electron chi connectivity index (χ1n) is 8.49. The lowest BCUT2D eigenvalue weighted by Crippen LogP contribution is -2.07. The molecular weight excluding hydrogens is 322 g/mol. The van der Waals surface area contributed by atoms with Gasteiger partial charge in [-0.15, -0.1) is 0 Å². The normalized spacial score (nSPS) is 10.7. The van der Waals surface area contributed by atoms with E-state index in [0.717, 1.165) is 28.3 Å². The van der Waals surface area contributed by atoms with Gasteiger partial charge in [0.25, 0.3) is 0 Å². The van der Waals surface area contributed by atoms with Crippen molar-refractivity contribution in [1.82, 2.24) is 0 Å². The van der Waals surface area contributed by atoms with Crippen LogP contribution in [0.15, 0.2) is 78.9 Å². The molecule has 130 valence electrons. The molecule has 3 aromatic carbocycles. The van der Waals surface area contributed by atoms with Gasteiger partial charge in [0, 0.05) is 11.8 Å². The second-order valence-electron chi connectivity index (χ2n) is 6.18. The zero-order valence-electron chi connectivity index (χ0n) is 14.9. The fourth-order valence-corrected chi connectivity index (χ4v) is 2.45. The molecule has 0 aliphatic rings. The van der Waals surface area contributed by atoms with Gasteiger partial charge in [-0.25, -0.2) is 0 Å². The molecule has 0 aliphatic heterocycles. The van der Waals surface area contributed by atoms with Crippen LogP contribution in [0.4, 0.5) is 5.69 Å². The van der Waals surface area contributed by atoms with Crippen LogP contribution in [0.25, 0.3) is 6.08 Å². The van der Waals surface area contributed by atoms with Crippen LogP contribution >= 0.6 is 0 Å². The van der Waals surface area contributed by atoms with E-state index < -0.39 is 0 Å². The Balaban J connectivity index is 1.58. The minimum Gasteiger partial charge on any atom is -0.457 e. The van der Waals surface area contributed by atoms with Gasteiger partial charge in [0.2, 0.25) is 5.91 Å². The molecule has 0 spiro atoms. The lowest BCUT2D eigenvalue weighted by atomic mass is 10.1. The Bertz CT molecular complexity index is 910. The molecule has 0 aliphatic carbocycles. The van der Waals surface area contributed by atoms with Gasteiger partial charge in [0.1, 0.15) is 11.5 Å². The highest BCUT2D eigenvalue weighted by atomic mass is 16.5. The third-order valence-electron chi connectivity index (χ3n) is 3.85. The molecule has 0 radical (unpaired) electrons. The Morgan fingerprint density at radius 2 is 1.58 bits per heavy atom. The smallest absolute Gasteiger partial charge is 0.248 e. The minimum absolute atomic E-state index is 0.169. The molecule has 1 N–H and O–H groups in total. The van der Waals surface area contributed by atoms with Crippen LogP contribution in [0.1, 0.15) is 16.7 Å². The number of carbonyl (C=O) groups is 1. The van der Waals surface area contributed by atoms with Gasteiger partial charge in [0.15, 0.2) is 0 Å². The molecule has 0 saturated heterocycles. The third kappa shape index (κ3) is 5.08. The molecule has 0 aromatic heterocycles. The molecule has 3 aromatic rings. The van der Waals surface area contributed by atoms with Crippen molar-refractivity contribution in [1.29, 1.82) is 0 Å². The summed E-state index contributed by atoms with van der Waals surface area (Å²) in [5, 5.41) is 2.84. The van der Waals surface area contributed by atoms with Crippen LogP contribution in [-0.4, -0.2) is 5.91 Å². The molecule has 0 unspecified atom stereocenters. The molecule has 0 saturated carbocycles. The first-order valence-corrected chi connectivity index (χ1v) is 8.49. The number of hydrogen-bond acceptors (Lipinski definition) is 2. The summed E-state index contributed by atoms with van der Waals surface area (Å²) in [5.74, 6) is 1.35. The second-order valence-corrected chi connectivity index (χ2v) is 6.18. The topological polar surface area (TPSA) is 38.3 Å². The van der Waals surface area contributed by atoms with Crippen molar-refractivity contribution in [3.63, 3.8) is 0 Å². The lowest BCUT2D eigenvalue weighted by Gasteiger charge is -2.08. The van der Waals surface area contributed by atoms with Crippen molar-refractivity contribution >= 4 is 17.7 Å². The summed E-state index contributed by atoms with van der Waals surface area (Å²) in [6.45, 7) is 4.06. The number of nitrogens with one attached hydrogen (secondary N) is 1. The summed E-state index contributed by atoms with van der Waals surface area (Å²) in [4.78, 5) is 12.0. The average molecular weight is 343 g/mol. The van der Waals surface area contributed by atoms with Gasteiger partial charge in [-0.3, -0.25) is 4.79 Å². The van der Waals surface area contributed by atoms with Gasteiger partial charge in [-0.2, -0.15) is 0 Å². The fraction of sp³-hybridized carbons (Fsp3) is 0.0870. The van der Waals surface area contributed by atoms with E-state index in [2.05, 4.69) is 5.32 Å². The van der Waals surface area contributed by atoms with Crippen molar-refractivity contribution in [2.24, 2.45) is 0 Å². The third-order valence-corrected chi connectivity index (χ3v) is 3.85. The summed E-state index contributed by atoms with van der Waals surface area (Å²) in [6.07, 6.45) is 3.33. The molecule has 3 nitrogen and oxygen atoms in total. The molecule has 0 bridgehead atoms. The Labute approximate surface area is 154 Å². The van der Waals surface area contributed by atoms with Gasteiger partial charge >= 0.3 is 0 Å². The SMILES string of the molecule is Cc1ccc(/C=C/C(=O)Nc2ccc(Oc3cccc(C)c3)cc2)cc1. The van der Waals surface area contributed by atoms with Crippen LogP contribution in [0.3, 0.4) is 0 Å². The largest absolute Gasteiger partial charge is 0.457 e. The number of amides is 1. The van der Waals surface area contributed by atoms with E-state index in [1.807, 2.05) is 86.6 Å². The maximum Gasteiger partial charge on any atom is 0.248 e. The van der Waals surface area contributed by atoms with Crippen LogP contribution in [0.2, 0.25) is 0 Å². The summed E-state index contributed by atoms with van der Waals surface area (Å²) >= 11 is 0. The summed E-state index contributed by atoms with van der Waals surface area (Å²) in [6, 6.07) is 23.2. The Morgan fingerprint density at radius 1 is 0.846 bits per heavy atom. The predicted molar refractivity (Wildman–Crippen MR) is 107 cm³/mol. The van der Waals surface area contributed by atoms with Crippen LogP contribution in [0, 0.1) is 13.8 Å². The van der Waals surface area contributed by atoms with Gasteiger partial charge in [0.05, 0.1) is 0 Å². The second kappa shape index (κ2) is 8.17. The number of hydrogen-bond donors (Lipinski definition) is 1. The Kier molecular flexibility index (Phi) is 5.49. The van der Waals surface area contributed by atoms with Crippen molar-refractivity contribution < 1.29 is 9.53 Å². The zero-order valence-corrected chi connectivity index (χ0v) is 14.9. The highest BCUT2D eigenvalue weighted by Gasteiger charge is 2.01.